The molecule has 0 atom stereocenters. The maximum absolute atomic E-state index is 12.9. The van der Waals surface area contributed by atoms with Crippen LogP contribution >= 0.6 is 0 Å². The van der Waals surface area contributed by atoms with E-state index in [1.54, 1.807) is 24.3 Å². The lowest BCUT2D eigenvalue weighted by Gasteiger charge is -2.08. The first kappa shape index (κ1) is 12.4. The number of rotatable bonds is 5. The Hall–Kier alpha value is -2.10. The molecule has 94 valence electrons. The molecular weight excluding hydrogens is 236 g/mol. The van der Waals surface area contributed by atoms with E-state index in [9.17, 15) is 8.78 Å². The second kappa shape index (κ2) is 6.00. The van der Waals surface area contributed by atoms with Gasteiger partial charge in [-0.2, -0.15) is 0 Å². The molecule has 0 bridgehead atoms. The van der Waals surface area contributed by atoms with Crippen LogP contribution < -0.4 is 10.1 Å². The van der Waals surface area contributed by atoms with Crippen molar-refractivity contribution in [1.82, 2.24) is 0 Å². The van der Waals surface area contributed by atoms with Gasteiger partial charge < -0.3 is 10.1 Å². The summed E-state index contributed by atoms with van der Waals surface area (Å²) in [6.07, 6.45) is 0. The molecule has 0 amide bonds. The molecule has 0 aliphatic rings. The highest BCUT2D eigenvalue weighted by atomic mass is 19.1. The number of anilines is 1. The van der Waals surface area contributed by atoms with Gasteiger partial charge in [-0.05, 0) is 30.3 Å². The molecule has 0 aromatic heterocycles. The molecule has 2 aromatic rings. The van der Waals surface area contributed by atoms with Gasteiger partial charge in [-0.15, -0.1) is 0 Å². The first-order valence-corrected chi connectivity index (χ1v) is 5.62. The van der Waals surface area contributed by atoms with Crippen molar-refractivity contribution >= 4 is 5.69 Å². The molecule has 0 aliphatic heterocycles. The molecule has 2 aromatic carbocycles. The Morgan fingerprint density at radius 3 is 2.39 bits per heavy atom. The first-order chi connectivity index (χ1) is 8.74. The summed E-state index contributed by atoms with van der Waals surface area (Å²) >= 11 is 0. The molecule has 1 N–H and O–H groups in total. The quantitative estimate of drug-likeness (QED) is 0.819. The molecule has 0 spiro atoms. The standard InChI is InChI=1S/C14H13F2NO/c15-11-3-1-5-13(9-11)17-7-8-18-14-6-2-4-12(16)10-14/h1-6,9-10,17H,7-8H2. The van der Waals surface area contributed by atoms with Crippen LogP contribution in [0, 0.1) is 11.6 Å². The van der Waals surface area contributed by atoms with Crippen LogP contribution in [0.5, 0.6) is 5.75 Å². The lowest BCUT2D eigenvalue weighted by Crippen LogP contribution is -2.11. The van der Waals surface area contributed by atoms with Crippen molar-refractivity contribution in [1.29, 1.82) is 0 Å². The van der Waals surface area contributed by atoms with Crippen LogP contribution in [0.2, 0.25) is 0 Å². The van der Waals surface area contributed by atoms with E-state index < -0.39 is 0 Å². The van der Waals surface area contributed by atoms with Crippen LogP contribution in [0.15, 0.2) is 48.5 Å². The van der Waals surface area contributed by atoms with Crippen molar-refractivity contribution < 1.29 is 13.5 Å². The number of halogens is 2. The summed E-state index contributed by atoms with van der Waals surface area (Å²) < 4.78 is 31.1. The minimum Gasteiger partial charge on any atom is -0.492 e. The Bertz CT molecular complexity index is 469. The van der Waals surface area contributed by atoms with E-state index in [4.69, 9.17) is 4.74 Å². The number of hydrogen-bond acceptors (Lipinski definition) is 2. The average Bonchev–Trinajstić information content (AvgIpc) is 2.35. The van der Waals surface area contributed by atoms with Gasteiger partial charge in [0, 0.05) is 18.3 Å². The fourth-order valence-electron chi connectivity index (χ4n) is 1.52. The molecule has 0 fully saturated rings. The second-order valence-corrected chi connectivity index (χ2v) is 3.74. The third kappa shape index (κ3) is 3.73. The predicted molar refractivity (Wildman–Crippen MR) is 66.8 cm³/mol. The summed E-state index contributed by atoms with van der Waals surface area (Å²) in [7, 11) is 0. The lowest BCUT2D eigenvalue weighted by atomic mass is 10.3. The van der Waals surface area contributed by atoms with Gasteiger partial charge in [-0.25, -0.2) is 8.78 Å². The van der Waals surface area contributed by atoms with Gasteiger partial charge in [0.1, 0.15) is 24.0 Å². The fraction of sp³-hybridized carbons (Fsp3) is 0.143. The van der Waals surface area contributed by atoms with Crippen LogP contribution in [-0.2, 0) is 0 Å². The van der Waals surface area contributed by atoms with Crippen molar-refractivity contribution in [3.05, 3.63) is 60.2 Å². The van der Waals surface area contributed by atoms with E-state index in [-0.39, 0.29) is 11.6 Å². The summed E-state index contributed by atoms with van der Waals surface area (Å²) in [5.74, 6) is -0.132. The zero-order valence-electron chi connectivity index (χ0n) is 9.70. The van der Waals surface area contributed by atoms with Crippen LogP contribution in [0.25, 0.3) is 0 Å². The Balaban J connectivity index is 1.76. The summed E-state index contributed by atoms with van der Waals surface area (Å²) in [5.41, 5.74) is 0.692. The third-order valence-corrected chi connectivity index (χ3v) is 2.32. The van der Waals surface area contributed by atoms with Gasteiger partial charge in [0.05, 0.1) is 0 Å². The second-order valence-electron chi connectivity index (χ2n) is 3.74. The largest absolute Gasteiger partial charge is 0.492 e. The molecule has 0 saturated heterocycles. The minimum atomic E-state index is -0.328. The van der Waals surface area contributed by atoms with E-state index >= 15 is 0 Å². The van der Waals surface area contributed by atoms with E-state index in [0.717, 1.165) is 0 Å². The first-order valence-electron chi connectivity index (χ1n) is 5.62. The molecule has 0 saturated carbocycles. The molecule has 0 heterocycles. The summed E-state index contributed by atoms with van der Waals surface area (Å²) in [6.45, 7) is 0.889. The minimum absolute atomic E-state index is 0.286. The number of benzene rings is 2. The zero-order chi connectivity index (χ0) is 12.8. The molecule has 0 aliphatic carbocycles. The van der Waals surface area contributed by atoms with Crippen LogP contribution in [0.4, 0.5) is 14.5 Å². The van der Waals surface area contributed by atoms with Gasteiger partial charge >= 0.3 is 0 Å². The highest BCUT2D eigenvalue weighted by Crippen LogP contribution is 2.12. The van der Waals surface area contributed by atoms with Crippen molar-refractivity contribution in [2.75, 3.05) is 18.5 Å². The van der Waals surface area contributed by atoms with Gasteiger partial charge in [0.25, 0.3) is 0 Å². The summed E-state index contributed by atoms with van der Waals surface area (Å²) in [6, 6.07) is 12.1. The van der Waals surface area contributed by atoms with Gasteiger partial charge in [0.15, 0.2) is 0 Å². The molecule has 2 nitrogen and oxygen atoms in total. The van der Waals surface area contributed by atoms with Crippen LogP contribution in [0.3, 0.4) is 0 Å². The topological polar surface area (TPSA) is 21.3 Å². The van der Waals surface area contributed by atoms with E-state index in [1.165, 1.54) is 24.3 Å². The normalized spacial score (nSPS) is 10.1. The Morgan fingerprint density at radius 1 is 0.944 bits per heavy atom. The highest BCUT2D eigenvalue weighted by molar-refractivity contribution is 5.42. The summed E-state index contributed by atoms with van der Waals surface area (Å²) in [4.78, 5) is 0. The van der Waals surface area contributed by atoms with E-state index in [1.807, 2.05) is 0 Å². The van der Waals surface area contributed by atoms with Crippen LogP contribution in [-0.4, -0.2) is 13.2 Å². The van der Waals surface area contributed by atoms with Crippen LogP contribution in [0.1, 0.15) is 0 Å². The lowest BCUT2D eigenvalue weighted by molar-refractivity contribution is 0.331. The van der Waals surface area contributed by atoms with Crippen molar-refractivity contribution in [3.8, 4) is 5.75 Å². The highest BCUT2D eigenvalue weighted by Gasteiger charge is 1.97. The zero-order valence-corrected chi connectivity index (χ0v) is 9.70. The number of nitrogens with one attached hydrogen (secondary N) is 1. The Kier molecular flexibility index (Phi) is 4.12. The molecule has 18 heavy (non-hydrogen) atoms. The average molecular weight is 249 g/mol. The Labute approximate surface area is 104 Å². The maximum atomic E-state index is 12.9. The molecule has 2 rings (SSSR count). The monoisotopic (exact) mass is 249 g/mol. The van der Waals surface area contributed by atoms with Crippen molar-refractivity contribution in [3.63, 3.8) is 0 Å². The number of ether oxygens (including phenoxy) is 1. The van der Waals surface area contributed by atoms with E-state index in [0.29, 0.717) is 24.6 Å². The van der Waals surface area contributed by atoms with E-state index in [2.05, 4.69) is 5.32 Å². The SMILES string of the molecule is Fc1cccc(NCCOc2cccc(F)c2)c1. The van der Waals surface area contributed by atoms with Crippen molar-refractivity contribution in [2.45, 2.75) is 0 Å². The molecular formula is C14H13F2NO. The molecule has 0 unspecified atom stereocenters. The third-order valence-electron chi connectivity index (χ3n) is 2.32. The van der Waals surface area contributed by atoms with Crippen molar-refractivity contribution in [2.24, 2.45) is 0 Å². The number of hydrogen-bond donors (Lipinski definition) is 1. The predicted octanol–water partition coefficient (Wildman–Crippen LogP) is 3.46. The van der Waals surface area contributed by atoms with Gasteiger partial charge in [-0.3, -0.25) is 0 Å². The fourth-order valence-corrected chi connectivity index (χ4v) is 1.52. The van der Waals surface area contributed by atoms with Gasteiger partial charge in [-0.1, -0.05) is 12.1 Å². The van der Waals surface area contributed by atoms with Gasteiger partial charge in [0.2, 0.25) is 0 Å². The molecule has 4 heteroatoms. The Morgan fingerprint density at radius 2 is 1.67 bits per heavy atom. The smallest absolute Gasteiger partial charge is 0.126 e. The molecule has 0 radical (unpaired) electrons. The maximum Gasteiger partial charge on any atom is 0.126 e. The summed E-state index contributed by atoms with van der Waals surface area (Å²) in [5, 5.41) is 3.01.